The molecule has 0 bridgehead atoms. The fraction of sp³-hybridized carbons (Fsp3) is 0.514. The summed E-state index contributed by atoms with van der Waals surface area (Å²) in [6.45, 7) is 3.49. The topological polar surface area (TPSA) is 113 Å². The van der Waals surface area contributed by atoms with Crippen molar-refractivity contribution in [2.24, 2.45) is 5.92 Å². The van der Waals surface area contributed by atoms with Crippen molar-refractivity contribution in [1.29, 1.82) is 0 Å². The Bertz CT molecular complexity index is 1480. The van der Waals surface area contributed by atoms with Crippen molar-refractivity contribution >= 4 is 40.3 Å². The van der Waals surface area contributed by atoms with Crippen molar-refractivity contribution in [3.63, 3.8) is 0 Å². The van der Waals surface area contributed by atoms with Gasteiger partial charge in [-0.3, -0.25) is 19.3 Å². The first-order valence-corrected chi connectivity index (χ1v) is 16.7. The maximum Gasteiger partial charge on any atom is 0.287 e. The lowest BCUT2D eigenvalue weighted by Crippen LogP contribution is -2.57. The summed E-state index contributed by atoms with van der Waals surface area (Å²) >= 11 is 6.07. The largest absolute Gasteiger partial charge is 0.451 e. The van der Waals surface area contributed by atoms with Gasteiger partial charge in [-0.05, 0) is 80.8 Å². The van der Waals surface area contributed by atoms with Crippen LogP contribution in [0.3, 0.4) is 0 Å². The zero-order valence-corrected chi connectivity index (χ0v) is 26.5. The molecule has 3 heterocycles. The molecule has 2 atom stereocenters. The van der Waals surface area contributed by atoms with E-state index in [9.17, 15) is 14.4 Å². The molecule has 2 unspecified atom stereocenters. The average Bonchev–Trinajstić information content (AvgIpc) is 3.72. The number of nitrogens with zero attached hydrogens (tertiary/aromatic N) is 1. The minimum atomic E-state index is -1.02. The van der Waals surface area contributed by atoms with Gasteiger partial charge < -0.3 is 25.1 Å². The molecule has 1 aromatic heterocycles. The van der Waals surface area contributed by atoms with Gasteiger partial charge >= 0.3 is 0 Å². The van der Waals surface area contributed by atoms with E-state index in [-0.39, 0.29) is 30.5 Å². The van der Waals surface area contributed by atoms with Crippen molar-refractivity contribution in [3.05, 3.63) is 70.9 Å². The molecular weight excluding hydrogens is 592 g/mol. The van der Waals surface area contributed by atoms with Crippen LogP contribution in [0.2, 0.25) is 5.02 Å². The number of hydrogen-bond donors (Lipinski definition) is 3. The minimum absolute atomic E-state index is 0.0798. The van der Waals surface area contributed by atoms with E-state index in [1.165, 1.54) is 5.56 Å². The predicted molar refractivity (Wildman–Crippen MR) is 173 cm³/mol. The third kappa shape index (κ3) is 7.54. The van der Waals surface area contributed by atoms with E-state index in [0.717, 1.165) is 63.7 Å². The Balaban J connectivity index is 0.983. The highest BCUT2D eigenvalue weighted by molar-refractivity contribution is 6.31. The second kappa shape index (κ2) is 14.4. The Morgan fingerprint density at radius 2 is 1.73 bits per heavy atom. The average molecular weight is 635 g/mol. The molecule has 3 aliphatic rings. The molecule has 240 valence electrons. The lowest BCUT2D eigenvalue weighted by atomic mass is 9.85. The monoisotopic (exact) mass is 634 g/mol. The molecule has 1 saturated carbocycles. The molecule has 2 saturated heterocycles. The number of fused-ring (bicyclic) bond motifs is 1. The van der Waals surface area contributed by atoms with Crippen LogP contribution in [0.1, 0.15) is 79.9 Å². The standard InChI is InChI=1S/C35H43ClN4O5/c36-27-8-9-30-26(21-27)22-31(45-30)33(42)39-35(14-4-5-15-35)34(43)37-16-10-32(41)38-23-24-11-17-40(28-12-18-44-19-13-28)29(20-24)25-6-2-1-3-7-25/h1-3,6-9,21-22,24,28-29H,4-5,10-20,23H2,(H,37,43)(H,38,41)(H,39,42). The highest BCUT2D eigenvalue weighted by Crippen LogP contribution is 2.37. The molecule has 9 nitrogen and oxygen atoms in total. The SMILES string of the molecule is O=C(CCNC(=O)C1(NC(=O)c2cc3cc(Cl)ccc3o2)CCCC1)NCC1CCN(C2CCOCC2)C(c2ccccc2)C1. The quantitative estimate of drug-likeness (QED) is 0.276. The molecule has 0 radical (unpaired) electrons. The van der Waals surface area contributed by atoms with Gasteiger partial charge in [0.25, 0.3) is 5.91 Å². The van der Waals surface area contributed by atoms with Gasteiger partial charge in [0.2, 0.25) is 11.8 Å². The molecule has 2 aromatic carbocycles. The predicted octanol–water partition coefficient (Wildman–Crippen LogP) is 5.38. The van der Waals surface area contributed by atoms with Gasteiger partial charge in [0.05, 0.1) is 0 Å². The van der Waals surface area contributed by atoms with Gasteiger partial charge in [0.15, 0.2) is 5.76 Å². The third-order valence-corrected chi connectivity index (χ3v) is 10.0. The molecular formula is C35H43ClN4O5. The summed E-state index contributed by atoms with van der Waals surface area (Å²) in [6, 6.07) is 18.4. The zero-order chi connectivity index (χ0) is 31.2. The van der Waals surface area contributed by atoms with Crippen LogP contribution in [-0.2, 0) is 14.3 Å². The van der Waals surface area contributed by atoms with Crippen LogP contribution in [0.25, 0.3) is 11.0 Å². The number of hydrogen-bond acceptors (Lipinski definition) is 6. The highest BCUT2D eigenvalue weighted by Gasteiger charge is 2.43. The molecule has 3 fully saturated rings. The molecule has 45 heavy (non-hydrogen) atoms. The van der Waals surface area contributed by atoms with Crippen LogP contribution in [0.5, 0.6) is 0 Å². The van der Waals surface area contributed by atoms with Crippen LogP contribution in [0.15, 0.2) is 59.0 Å². The summed E-state index contributed by atoms with van der Waals surface area (Å²) in [5.41, 5.74) is 0.871. The van der Waals surface area contributed by atoms with E-state index in [0.29, 0.717) is 48.0 Å². The van der Waals surface area contributed by atoms with Crippen molar-refractivity contribution in [1.82, 2.24) is 20.9 Å². The number of carbonyl (C=O) groups is 3. The number of furan rings is 1. The molecule has 3 aromatic rings. The van der Waals surface area contributed by atoms with Crippen LogP contribution in [0, 0.1) is 5.92 Å². The number of likely N-dealkylation sites (tertiary alicyclic amines) is 1. The molecule has 2 aliphatic heterocycles. The molecule has 6 rings (SSSR count). The third-order valence-electron chi connectivity index (χ3n) is 9.77. The van der Waals surface area contributed by atoms with E-state index < -0.39 is 11.4 Å². The summed E-state index contributed by atoms with van der Waals surface area (Å²) in [4.78, 5) is 42.0. The second-order valence-electron chi connectivity index (χ2n) is 12.7. The van der Waals surface area contributed by atoms with Crippen molar-refractivity contribution in [3.8, 4) is 0 Å². The first kappa shape index (κ1) is 31.6. The van der Waals surface area contributed by atoms with Gasteiger partial charge in [0.1, 0.15) is 11.1 Å². The second-order valence-corrected chi connectivity index (χ2v) is 13.2. The number of amides is 3. The Morgan fingerprint density at radius 3 is 2.51 bits per heavy atom. The molecule has 1 aliphatic carbocycles. The lowest BCUT2D eigenvalue weighted by molar-refractivity contribution is -0.127. The van der Waals surface area contributed by atoms with E-state index >= 15 is 0 Å². The molecule has 3 N–H and O–H groups in total. The lowest BCUT2D eigenvalue weighted by Gasteiger charge is -2.45. The number of benzene rings is 2. The van der Waals surface area contributed by atoms with Crippen LogP contribution in [-0.4, -0.2) is 67.1 Å². The first-order chi connectivity index (χ1) is 21.9. The Labute approximate surface area is 269 Å². The highest BCUT2D eigenvalue weighted by atomic mass is 35.5. The van der Waals surface area contributed by atoms with E-state index in [1.807, 2.05) is 0 Å². The van der Waals surface area contributed by atoms with Gasteiger partial charge in [0, 0.05) is 55.2 Å². The smallest absolute Gasteiger partial charge is 0.287 e. The van der Waals surface area contributed by atoms with Crippen LogP contribution >= 0.6 is 11.6 Å². The number of piperidine rings is 1. The maximum atomic E-state index is 13.4. The van der Waals surface area contributed by atoms with Crippen LogP contribution < -0.4 is 16.0 Å². The summed E-state index contributed by atoms with van der Waals surface area (Å²) in [7, 11) is 0. The van der Waals surface area contributed by atoms with Crippen LogP contribution in [0.4, 0.5) is 0 Å². The van der Waals surface area contributed by atoms with Crippen molar-refractivity contribution in [2.45, 2.75) is 75.4 Å². The normalized spacial score (nSPS) is 22.2. The summed E-state index contributed by atoms with van der Waals surface area (Å²) < 4.78 is 11.3. The van der Waals surface area contributed by atoms with Crippen molar-refractivity contribution in [2.75, 3.05) is 32.8 Å². The summed E-state index contributed by atoms with van der Waals surface area (Å²) in [6.07, 6.45) is 7.10. The fourth-order valence-corrected chi connectivity index (χ4v) is 7.48. The minimum Gasteiger partial charge on any atom is -0.451 e. The number of nitrogens with one attached hydrogen (secondary N) is 3. The van der Waals surface area contributed by atoms with E-state index in [4.69, 9.17) is 20.8 Å². The van der Waals surface area contributed by atoms with Gasteiger partial charge in [-0.25, -0.2) is 0 Å². The Morgan fingerprint density at radius 1 is 0.956 bits per heavy atom. The maximum absolute atomic E-state index is 13.4. The van der Waals surface area contributed by atoms with E-state index in [1.54, 1.807) is 24.3 Å². The molecule has 10 heteroatoms. The van der Waals surface area contributed by atoms with Crippen molar-refractivity contribution < 1.29 is 23.5 Å². The number of carbonyl (C=O) groups excluding carboxylic acids is 3. The van der Waals surface area contributed by atoms with Gasteiger partial charge in [-0.1, -0.05) is 54.8 Å². The van der Waals surface area contributed by atoms with Gasteiger partial charge in [-0.15, -0.1) is 0 Å². The number of halogens is 1. The summed E-state index contributed by atoms with van der Waals surface area (Å²) in [5.74, 6) is -0.251. The number of ether oxygens (including phenoxy) is 1. The molecule has 0 spiro atoms. The first-order valence-electron chi connectivity index (χ1n) is 16.4. The van der Waals surface area contributed by atoms with E-state index in [2.05, 4.69) is 51.2 Å². The molecule has 3 amide bonds. The number of rotatable bonds is 10. The summed E-state index contributed by atoms with van der Waals surface area (Å²) in [5, 5.41) is 10.3. The fourth-order valence-electron chi connectivity index (χ4n) is 7.30. The zero-order valence-electron chi connectivity index (χ0n) is 25.7. The Kier molecular flexibility index (Phi) is 10.1. The Hall–Kier alpha value is -3.40. The van der Waals surface area contributed by atoms with Gasteiger partial charge in [-0.2, -0.15) is 0 Å².